The number of para-hydroxylation sites is 3. The molecule has 0 saturated heterocycles. The molecule has 2 aromatic heterocycles. The van der Waals surface area contributed by atoms with Gasteiger partial charge in [-0.1, -0.05) is 127 Å². The Morgan fingerprint density at radius 2 is 1.24 bits per heavy atom. The van der Waals surface area contributed by atoms with Crippen LogP contribution in [0.2, 0.25) is 0 Å². The Bertz CT molecular complexity index is 2620. The number of hydrogen-bond acceptors (Lipinski definition) is 3. The Kier molecular flexibility index (Phi) is 6.59. The van der Waals surface area contributed by atoms with E-state index in [2.05, 4.69) is 166 Å². The lowest BCUT2D eigenvalue weighted by Crippen LogP contribution is -2.35. The van der Waals surface area contributed by atoms with Gasteiger partial charge in [-0.2, -0.15) is 0 Å². The first-order valence-electron chi connectivity index (χ1n) is 17.2. The predicted octanol–water partition coefficient (Wildman–Crippen LogP) is 11.3. The van der Waals surface area contributed by atoms with Crippen molar-refractivity contribution in [3.05, 3.63) is 188 Å². The van der Waals surface area contributed by atoms with Gasteiger partial charge in [0.15, 0.2) is 5.82 Å². The maximum atomic E-state index is 5.16. The summed E-state index contributed by atoms with van der Waals surface area (Å²) in [5.74, 6) is 1.72. The van der Waals surface area contributed by atoms with Gasteiger partial charge in [0.1, 0.15) is 5.82 Å². The van der Waals surface area contributed by atoms with Gasteiger partial charge < -0.3 is 9.47 Å². The third-order valence-corrected chi connectivity index (χ3v) is 10.2. The Labute approximate surface area is 290 Å². The van der Waals surface area contributed by atoms with E-state index in [1.807, 2.05) is 30.5 Å². The van der Waals surface area contributed by atoms with Gasteiger partial charge in [0, 0.05) is 39.7 Å². The van der Waals surface area contributed by atoms with Gasteiger partial charge in [-0.25, -0.2) is 9.97 Å². The minimum Gasteiger partial charge on any atom is -0.318 e. The van der Waals surface area contributed by atoms with Crippen molar-refractivity contribution in [2.45, 2.75) is 12.0 Å². The number of allylic oxidation sites excluding steroid dienone is 2. The van der Waals surface area contributed by atoms with E-state index in [1.54, 1.807) is 0 Å². The average Bonchev–Trinajstić information content (AvgIpc) is 3.46. The molecule has 0 saturated carbocycles. The summed E-state index contributed by atoms with van der Waals surface area (Å²) in [6.07, 6.45) is 10.9. The normalized spacial score (nSPS) is 16.2. The van der Waals surface area contributed by atoms with Crippen molar-refractivity contribution in [3.63, 3.8) is 0 Å². The molecule has 3 heterocycles. The van der Waals surface area contributed by atoms with E-state index in [9.17, 15) is 0 Å². The number of anilines is 2. The highest BCUT2D eigenvalue weighted by atomic mass is 15.2. The second kappa shape index (κ2) is 11.6. The average molecular weight is 641 g/mol. The Hall–Kier alpha value is -6.52. The van der Waals surface area contributed by atoms with Crippen LogP contribution in [0, 0.1) is 0 Å². The smallest absolute Gasteiger partial charge is 0.161 e. The molecule has 0 radical (unpaired) electrons. The third-order valence-electron chi connectivity index (χ3n) is 10.2. The number of rotatable bonds is 4. The highest BCUT2D eigenvalue weighted by molar-refractivity contribution is 6.10. The molecule has 0 N–H and O–H groups in total. The van der Waals surface area contributed by atoms with Crippen LogP contribution in [0.15, 0.2) is 182 Å². The molecule has 0 spiro atoms. The third kappa shape index (κ3) is 4.53. The maximum absolute atomic E-state index is 5.16. The number of hydrogen-bond donors (Lipinski definition) is 0. The minimum atomic E-state index is 0.0301. The van der Waals surface area contributed by atoms with Crippen LogP contribution in [0.4, 0.5) is 11.5 Å². The molecule has 1 aliphatic heterocycles. The van der Waals surface area contributed by atoms with E-state index in [1.165, 1.54) is 55.3 Å². The second-order valence-electron chi connectivity index (χ2n) is 13.0. The molecular weight excluding hydrogens is 609 g/mol. The lowest BCUT2D eigenvalue weighted by atomic mass is 9.83. The van der Waals surface area contributed by atoms with Crippen molar-refractivity contribution in [1.82, 2.24) is 14.5 Å². The molecule has 4 nitrogen and oxygen atoms in total. The highest BCUT2D eigenvalue weighted by Crippen LogP contribution is 2.48. The topological polar surface area (TPSA) is 34.0 Å². The Morgan fingerprint density at radius 1 is 0.520 bits per heavy atom. The van der Waals surface area contributed by atoms with Crippen LogP contribution in [0.1, 0.15) is 11.5 Å². The second-order valence-corrected chi connectivity index (χ2v) is 13.0. The molecule has 10 rings (SSSR count). The van der Waals surface area contributed by atoms with Crippen LogP contribution in [-0.2, 0) is 0 Å². The quantitative estimate of drug-likeness (QED) is 0.192. The summed E-state index contributed by atoms with van der Waals surface area (Å²) in [5, 5.41) is 2.51. The lowest BCUT2D eigenvalue weighted by molar-refractivity contribution is 0.691. The molecule has 0 bridgehead atoms. The van der Waals surface area contributed by atoms with Crippen molar-refractivity contribution in [3.8, 4) is 39.3 Å². The molecule has 4 heteroatoms. The minimum absolute atomic E-state index is 0.0301. The van der Waals surface area contributed by atoms with Gasteiger partial charge in [0.05, 0.1) is 22.8 Å². The van der Waals surface area contributed by atoms with Crippen LogP contribution in [-0.4, -0.2) is 20.6 Å². The molecule has 1 aliphatic carbocycles. The molecule has 2 unspecified atom stereocenters. The zero-order valence-electron chi connectivity index (χ0n) is 27.3. The molecule has 236 valence electrons. The summed E-state index contributed by atoms with van der Waals surface area (Å²) in [5.41, 5.74) is 11.9. The summed E-state index contributed by atoms with van der Waals surface area (Å²) >= 11 is 0. The Balaban J connectivity index is 1.13. The SMILES string of the molecule is C1=CC2c3cc(-c4ccc5c(c4)c4ccccc4n5-c4ccccc4)ccc3-c3ccccc3N(c3ccnc(-c4ccccc4)n3)C2C=C1. The number of benzene rings is 6. The van der Waals surface area contributed by atoms with Crippen LogP contribution < -0.4 is 4.90 Å². The van der Waals surface area contributed by atoms with Crippen molar-refractivity contribution in [1.29, 1.82) is 0 Å². The van der Waals surface area contributed by atoms with E-state index >= 15 is 0 Å². The number of fused-ring (bicyclic) bond motifs is 8. The van der Waals surface area contributed by atoms with E-state index in [0.717, 1.165) is 22.9 Å². The van der Waals surface area contributed by atoms with Crippen molar-refractivity contribution < 1.29 is 0 Å². The van der Waals surface area contributed by atoms with Gasteiger partial charge in [0.2, 0.25) is 0 Å². The molecule has 2 atom stereocenters. The first-order valence-corrected chi connectivity index (χ1v) is 17.2. The first-order chi connectivity index (χ1) is 24.8. The van der Waals surface area contributed by atoms with Crippen molar-refractivity contribution >= 4 is 33.3 Å². The molecule has 50 heavy (non-hydrogen) atoms. The lowest BCUT2D eigenvalue weighted by Gasteiger charge is -2.35. The molecule has 6 aromatic carbocycles. The van der Waals surface area contributed by atoms with Crippen molar-refractivity contribution in [2.24, 2.45) is 0 Å². The largest absolute Gasteiger partial charge is 0.318 e. The fraction of sp³-hybridized carbons (Fsp3) is 0.0435. The van der Waals surface area contributed by atoms with E-state index in [0.29, 0.717) is 0 Å². The summed E-state index contributed by atoms with van der Waals surface area (Å²) < 4.78 is 2.37. The molecule has 8 aromatic rings. The predicted molar refractivity (Wildman–Crippen MR) is 206 cm³/mol. The first kappa shape index (κ1) is 28.5. The van der Waals surface area contributed by atoms with Crippen LogP contribution >= 0.6 is 0 Å². The summed E-state index contributed by atoms with van der Waals surface area (Å²) in [4.78, 5) is 12.2. The van der Waals surface area contributed by atoms with E-state index < -0.39 is 0 Å². The van der Waals surface area contributed by atoms with Crippen LogP contribution in [0.25, 0.3) is 61.1 Å². The van der Waals surface area contributed by atoms with E-state index in [-0.39, 0.29) is 12.0 Å². The fourth-order valence-corrected chi connectivity index (χ4v) is 7.96. The van der Waals surface area contributed by atoms with Gasteiger partial charge >= 0.3 is 0 Å². The van der Waals surface area contributed by atoms with Gasteiger partial charge in [-0.3, -0.25) is 0 Å². The standard InChI is InChI=1S/C46H32N4/c1-3-13-31(14-4-1)46-47-28-27-45(48-46)50-42-21-11-7-17-36(42)35-25-23-32(29-39(35)37-18-8-12-22-43(37)50)33-24-26-44-40(30-33)38-19-9-10-20-41(38)49(44)34-15-5-2-6-16-34/h1-30,37,43H. The van der Waals surface area contributed by atoms with E-state index in [4.69, 9.17) is 4.98 Å². The number of aromatic nitrogens is 3. The summed E-state index contributed by atoms with van der Waals surface area (Å²) in [6, 6.07) is 54.4. The van der Waals surface area contributed by atoms with Crippen LogP contribution in [0.5, 0.6) is 0 Å². The number of nitrogens with zero attached hydrogens (tertiary/aromatic N) is 4. The molecular formula is C46H32N4. The zero-order chi connectivity index (χ0) is 33.0. The molecule has 0 fully saturated rings. The van der Waals surface area contributed by atoms with Gasteiger partial charge in [-0.05, 0) is 70.8 Å². The molecule has 0 amide bonds. The fourth-order valence-electron chi connectivity index (χ4n) is 7.96. The highest BCUT2D eigenvalue weighted by Gasteiger charge is 2.35. The van der Waals surface area contributed by atoms with Gasteiger partial charge in [0.25, 0.3) is 0 Å². The summed E-state index contributed by atoms with van der Waals surface area (Å²) in [6.45, 7) is 0. The monoisotopic (exact) mass is 640 g/mol. The molecule has 2 aliphatic rings. The van der Waals surface area contributed by atoms with Gasteiger partial charge in [-0.15, -0.1) is 0 Å². The zero-order valence-corrected chi connectivity index (χ0v) is 27.3. The Morgan fingerprint density at radius 3 is 2.14 bits per heavy atom. The van der Waals surface area contributed by atoms with Crippen molar-refractivity contribution in [2.75, 3.05) is 4.90 Å². The van der Waals surface area contributed by atoms with Crippen LogP contribution in [0.3, 0.4) is 0 Å². The summed E-state index contributed by atoms with van der Waals surface area (Å²) in [7, 11) is 0. The maximum Gasteiger partial charge on any atom is 0.161 e.